The second-order valence-electron chi connectivity index (χ2n) is 4.51. The average Bonchev–Trinajstić information content (AvgIpc) is 2.84. The molecule has 0 aliphatic rings. The monoisotopic (exact) mass is 262 g/mol. The van der Waals surface area contributed by atoms with Crippen LogP contribution in [0.2, 0.25) is 5.02 Å². The molecule has 1 atom stereocenters. The third-order valence-electron chi connectivity index (χ3n) is 3.14. The van der Waals surface area contributed by atoms with Crippen LogP contribution in [0, 0.1) is 0 Å². The Morgan fingerprint density at radius 1 is 1.33 bits per heavy atom. The fourth-order valence-corrected chi connectivity index (χ4v) is 2.16. The van der Waals surface area contributed by atoms with Gasteiger partial charge in [-0.1, -0.05) is 23.7 Å². The number of aryl methyl sites for hydroxylation is 1. The van der Waals surface area contributed by atoms with Crippen LogP contribution in [0.3, 0.4) is 0 Å². The fourth-order valence-electron chi connectivity index (χ4n) is 1.96. The van der Waals surface area contributed by atoms with Gasteiger partial charge in [0.25, 0.3) is 0 Å². The van der Waals surface area contributed by atoms with E-state index < -0.39 is 0 Å². The smallest absolute Gasteiger partial charge is 0.0409 e. The van der Waals surface area contributed by atoms with E-state index in [4.69, 9.17) is 11.6 Å². The Kier molecular flexibility index (Phi) is 4.45. The molecule has 0 bridgehead atoms. The largest absolute Gasteiger partial charge is 0.354 e. The standard InChI is InChI=1S/C15H19ClN2/c1-3-18-8-7-13(11-18)10-17-12(2)14-5-4-6-15(16)9-14/h4-9,11-12,17H,3,10H2,1-2H3/t12-/m0/s1. The molecule has 96 valence electrons. The topological polar surface area (TPSA) is 17.0 Å². The van der Waals surface area contributed by atoms with E-state index in [0.717, 1.165) is 18.1 Å². The molecule has 0 amide bonds. The molecule has 18 heavy (non-hydrogen) atoms. The lowest BCUT2D eigenvalue weighted by molar-refractivity contribution is 0.574. The van der Waals surface area contributed by atoms with Crippen molar-refractivity contribution in [2.45, 2.75) is 33.0 Å². The minimum absolute atomic E-state index is 0.300. The summed E-state index contributed by atoms with van der Waals surface area (Å²) in [6, 6.07) is 10.5. The maximum absolute atomic E-state index is 6.00. The first-order valence-electron chi connectivity index (χ1n) is 6.32. The van der Waals surface area contributed by atoms with Crippen molar-refractivity contribution in [3.63, 3.8) is 0 Å². The summed E-state index contributed by atoms with van der Waals surface area (Å²) in [6.45, 7) is 6.19. The van der Waals surface area contributed by atoms with Gasteiger partial charge in [-0.05, 0) is 43.2 Å². The number of rotatable bonds is 5. The number of nitrogens with one attached hydrogen (secondary N) is 1. The molecule has 1 aromatic carbocycles. The molecule has 2 aromatic rings. The van der Waals surface area contributed by atoms with Crippen molar-refractivity contribution in [1.82, 2.24) is 9.88 Å². The minimum Gasteiger partial charge on any atom is -0.354 e. The molecule has 0 fully saturated rings. The molecular weight excluding hydrogens is 244 g/mol. The molecule has 0 saturated carbocycles. The molecule has 1 aromatic heterocycles. The predicted molar refractivity (Wildman–Crippen MR) is 76.8 cm³/mol. The predicted octanol–water partition coefficient (Wildman–Crippen LogP) is 4.01. The van der Waals surface area contributed by atoms with Crippen molar-refractivity contribution >= 4 is 11.6 Å². The van der Waals surface area contributed by atoms with E-state index in [2.05, 4.69) is 48.3 Å². The number of hydrogen-bond acceptors (Lipinski definition) is 1. The van der Waals surface area contributed by atoms with Crippen molar-refractivity contribution in [2.24, 2.45) is 0 Å². The summed E-state index contributed by atoms with van der Waals surface area (Å²) in [6.07, 6.45) is 4.29. The van der Waals surface area contributed by atoms with E-state index in [-0.39, 0.29) is 0 Å². The summed E-state index contributed by atoms with van der Waals surface area (Å²) in [4.78, 5) is 0. The Hall–Kier alpha value is -1.25. The zero-order chi connectivity index (χ0) is 13.0. The van der Waals surface area contributed by atoms with E-state index in [1.165, 1.54) is 11.1 Å². The lowest BCUT2D eigenvalue weighted by Gasteiger charge is -2.14. The molecule has 0 radical (unpaired) electrons. The summed E-state index contributed by atoms with van der Waals surface area (Å²) in [5, 5.41) is 4.30. The van der Waals surface area contributed by atoms with Gasteiger partial charge >= 0.3 is 0 Å². The molecule has 1 heterocycles. The number of benzene rings is 1. The van der Waals surface area contributed by atoms with E-state index in [1.54, 1.807) is 0 Å². The summed E-state index contributed by atoms with van der Waals surface area (Å²) < 4.78 is 2.18. The van der Waals surface area contributed by atoms with Gasteiger partial charge in [-0.3, -0.25) is 0 Å². The van der Waals surface area contributed by atoms with Crippen molar-refractivity contribution in [3.8, 4) is 0 Å². The number of halogens is 1. The van der Waals surface area contributed by atoms with Crippen molar-refractivity contribution < 1.29 is 0 Å². The van der Waals surface area contributed by atoms with E-state index in [0.29, 0.717) is 6.04 Å². The molecule has 0 aliphatic heterocycles. The van der Waals surface area contributed by atoms with Gasteiger partial charge in [-0.2, -0.15) is 0 Å². The second-order valence-corrected chi connectivity index (χ2v) is 4.94. The summed E-state index contributed by atoms with van der Waals surface area (Å²) in [5.41, 5.74) is 2.53. The molecule has 1 N–H and O–H groups in total. The Labute approximate surface area is 114 Å². The Bertz CT molecular complexity index is 505. The van der Waals surface area contributed by atoms with E-state index in [9.17, 15) is 0 Å². The summed E-state index contributed by atoms with van der Waals surface area (Å²) >= 11 is 6.00. The average molecular weight is 263 g/mol. The van der Waals surface area contributed by atoms with Gasteiger partial charge in [0.05, 0.1) is 0 Å². The van der Waals surface area contributed by atoms with Crippen LogP contribution >= 0.6 is 11.6 Å². The van der Waals surface area contributed by atoms with E-state index in [1.807, 2.05) is 18.2 Å². The maximum atomic E-state index is 6.00. The molecule has 0 spiro atoms. The number of nitrogens with zero attached hydrogens (tertiary/aromatic N) is 1. The van der Waals surface area contributed by atoms with E-state index >= 15 is 0 Å². The van der Waals surface area contributed by atoms with Crippen LogP contribution < -0.4 is 5.32 Å². The lowest BCUT2D eigenvalue weighted by Crippen LogP contribution is -2.17. The van der Waals surface area contributed by atoms with Gasteiger partial charge in [-0.15, -0.1) is 0 Å². The van der Waals surface area contributed by atoms with Crippen molar-refractivity contribution in [2.75, 3.05) is 0 Å². The Morgan fingerprint density at radius 2 is 2.17 bits per heavy atom. The third-order valence-corrected chi connectivity index (χ3v) is 3.37. The van der Waals surface area contributed by atoms with Crippen LogP contribution in [0.1, 0.15) is 31.0 Å². The second kappa shape index (κ2) is 6.07. The van der Waals surface area contributed by atoms with Crippen LogP contribution in [0.25, 0.3) is 0 Å². The van der Waals surface area contributed by atoms with Crippen LogP contribution in [-0.2, 0) is 13.1 Å². The summed E-state index contributed by atoms with van der Waals surface area (Å²) in [5.74, 6) is 0. The number of aromatic nitrogens is 1. The normalized spacial score (nSPS) is 12.6. The molecule has 3 heteroatoms. The molecule has 2 nitrogen and oxygen atoms in total. The van der Waals surface area contributed by atoms with Crippen LogP contribution in [0.5, 0.6) is 0 Å². The van der Waals surface area contributed by atoms with Crippen molar-refractivity contribution in [3.05, 3.63) is 58.9 Å². The quantitative estimate of drug-likeness (QED) is 0.861. The van der Waals surface area contributed by atoms with Gasteiger partial charge < -0.3 is 9.88 Å². The third kappa shape index (κ3) is 3.37. The van der Waals surface area contributed by atoms with Gasteiger partial charge in [0.15, 0.2) is 0 Å². The first kappa shape index (κ1) is 13.2. The van der Waals surface area contributed by atoms with Gasteiger partial charge in [0.1, 0.15) is 0 Å². The van der Waals surface area contributed by atoms with Gasteiger partial charge in [0, 0.05) is 36.5 Å². The van der Waals surface area contributed by atoms with Gasteiger partial charge in [-0.25, -0.2) is 0 Å². The Balaban J connectivity index is 1.93. The molecule has 0 saturated heterocycles. The van der Waals surface area contributed by atoms with Crippen LogP contribution in [0.4, 0.5) is 0 Å². The highest BCUT2D eigenvalue weighted by Gasteiger charge is 2.05. The maximum Gasteiger partial charge on any atom is 0.0409 e. The van der Waals surface area contributed by atoms with Crippen molar-refractivity contribution in [1.29, 1.82) is 0 Å². The zero-order valence-electron chi connectivity index (χ0n) is 10.9. The first-order chi connectivity index (χ1) is 8.69. The fraction of sp³-hybridized carbons (Fsp3) is 0.333. The molecule has 2 rings (SSSR count). The highest BCUT2D eigenvalue weighted by Crippen LogP contribution is 2.17. The molecular formula is C15H19ClN2. The SMILES string of the molecule is CCn1ccc(CN[C@@H](C)c2cccc(Cl)c2)c1. The number of hydrogen-bond donors (Lipinski definition) is 1. The first-order valence-corrected chi connectivity index (χ1v) is 6.70. The highest BCUT2D eigenvalue weighted by molar-refractivity contribution is 6.30. The van der Waals surface area contributed by atoms with Gasteiger partial charge in [0.2, 0.25) is 0 Å². The summed E-state index contributed by atoms with van der Waals surface area (Å²) in [7, 11) is 0. The Morgan fingerprint density at radius 3 is 2.83 bits per heavy atom. The highest BCUT2D eigenvalue weighted by atomic mass is 35.5. The molecule has 0 aliphatic carbocycles. The zero-order valence-corrected chi connectivity index (χ0v) is 11.6. The lowest BCUT2D eigenvalue weighted by atomic mass is 10.1. The van der Waals surface area contributed by atoms with Crippen LogP contribution in [0.15, 0.2) is 42.7 Å². The molecule has 0 unspecified atom stereocenters. The minimum atomic E-state index is 0.300. The van der Waals surface area contributed by atoms with Crippen LogP contribution in [-0.4, -0.2) is 4.57 Å².